The number of benzene rings is 1. The van der Waals surface area contributed by atoms with Gasteiger partial charge in [-0.2, -0.15) is 4.31 Å². The Morgan fingerprint density at radius 3 is 2.64 bits per heavy atom. The van der Waals surface area contributed by atoms with Crippen molar-refractivity contribution in [3.63, 3.8) is 0 Å². The summed E-state index contributed by atoms with van der Waals surface area (Å²) in [6, 6.07) is 6.87. The maximum atomic E-state index is 13.1. The van der Waals surface area contributed by atoms with E-state index in [1.165, 1.54) is 10.4 Å². The largest absolute Gasteiger partial charge is 0.456 e. The molecule has 2 saturated heterocycles. The fourth-order valence-electron chi connectivity index (χ4n) is 3.84. The second kappa shape index (κ2) is 8.41. The van der Waals surface area contributed by atoms with Crippen LogP contribution in [0.15, 0.2) is 50.9 Å². The SMILES string of the molecule is Cc1cc(-c2cncc3cc(C=C4SC(=O)NC4=O)oc23)ccc1S(=O)(=O)N1CCOCC1. The van der Waals surface area contributed by atoms with E-state index in [2.05, 4.69) is 10.3 Å². The summed E-state index contributed by atoms with van der Waals surface area (Å²) < 4.78 is 38.8. The third-order valence-corrected chi connectivity index (χ3v) is 8.30. The van der Waals surface area contributed by atoms with Crippen LogP contribution in [0.2, 0.25) is 0 Å². The molecule has 5 rings (SSSR count). The van der Waals surface area contributed by atoms with Gasteiger partial charge in [-0.05, 0) is 48.0 Å². The predicted octanol–water partition coefficient (Wildman–Crippen LogP) is 3.15. The molecule has 2 fully saturated rings. The Morgan fingerprint density at radius 2 is 1.94 bits per heavy atom. The number of ether oxygens (including phenoxy) is 1. The number of fused-ring (bicyclic) bond motifs is 1. The molecule has 0 bridgehead atoms. The number of sulfonamides is 1. The van der Waals surface area contributed by atoms with Crippen molar-refractivity contribution in [1.82, 2.24) is 14.6 Å². The standard InChI is InChI=1S/C22H19N3O6S2/c1-13-8-14(2-3-19(13)33(28,29)25-4-6-30-7-5-25)17-12-23-11-15-9-16(31-20(15)17)10-18-21(26)24-22(27)32-18/h2-3,8-12H,4-7H2,1H3,(H,24,26,27). The zero-order valence-electron chi connectivity index (χ0n) is 17.5. The van der Waals surface area contributed by atoms with Crippen LogP contribution in [-0.4, -0.2) is 55.2 Å². The topological polar surface area (TPSA) is 119 Å². The van der Waals surface area contributed by atoms with E-state index >= 15 is 0 Å². The predicted molar refractivity (Wildman–Crippen MR) is 123 cm³/mol. The van der Waals surface area contributed by atoms with E-state index in [0.717, 1.165) is 22.7 Å². The molecule has 9 nitrogen and oxygen atoms in total. The van der Waals surface area contributed by atoms with Gasteiger partial charge in [0.25, 0.3) is 11.1 Å². The Morgan fingerprint density at radius 1 is 1.15 bits per heavy atom. The molecular weight excluding hydrogens is 466 g/mol. The molecule has 0 unspecified atom stereocenters. The molecule has 0 saturated carbocycles. The number of pyridine rings is 1. The third-order valence-electron chi connectivity index (χ3n) is 5.43. The molecule has 3 aromatic rings. The molecule has 2 aliphatic rings. The number of morpholine rings is 1. The minimum atomic E-state index is -3.61. The lowest BCUT2D eigenvalue weighted by molar-refractivity contribution is -0.115. The highest BCUT2D eigenvalue weighted by atomic mass is 32.2. The molecule has 2 aromatic heterocycles. The number of hydrogen-bond donors (Lipinski definition) is 1. The lowest BCUT2D eigenvalue weighted by Crippen LogP contribution is -2.40. The highest BCUT2D eigenvalue weighted by Gasteiger charge is 2.28. The van der Waals surface area contributed by atoms with E-state index in [1.807, 2.05) is 0 Å². The number of aromatic nitrogens is 1. The first kappa shape index (κ1) is 21.8. The molecule has 0 spiro atoms. The Bertz CT molecular complexity index is 1420. The van der Waals surface area contributed by atoms with Gasteiger partial charge in [-0.25, -0.2) is 8.42 Å². The van der Waals surface area contributed by atoms with Crippen LogP contribution >= 0.6 is 11.8 Å². The number of nitrogens with one attached hydrogen (secondary N) is 1. The molecule has 0 aliphatic carbocycles. The molecule has 170 valence electrons. The van der Waals surface area contributed by atoms with Crippen molar-refractivity contribution < 1.29 is 27.2 Å². The van der Waals surface area contributed by atoms with E-state index in [4.69, 9.17) is 9.15 Å². The van der Waals surface area contributed by atoms with Crippen molar-refractivity contribution in [2.75, 3.05) is 26.3 Å². The van der Waals surface area contributed by atoms with Crippen molar-refractivity contribution >= 4 is 50.0 Å². The summed E-state index contributed by atoms with van der Waals surface area (Å²) in [5, 5.41) is 2.50. The Labute approximate surface area is 193 Å². The van der Waals surface area contributed by atoms with Crippen molar-refractivity contribution in [3.8, 4) is 11.1 Å². The fraction of sp³-hybridized carbons (Fsp3) is 0.227. The number of hydrogen-bond acceptors (Lipinski definition) is 8. The molecule has 11 heteroatoms. The van der Waals surface area contributed by atoms with E-state index < -0.39 is 21.2 Å². The summed E-state index contributed by atoms with van der Waals surface area (Å²) in [6.07, 6.45) is 4.80. The number of imide groups is 1. The average Bonchev–Trinajstić information content (AvgIpc) is 3.35. The summed E-state index contributed by atoms with van der Waals surface area (Å²) in [5.74, 6) is -0.0497. The van der Waals surface area contributed by atoms with Crippen LogP contribution in [-0.2, 0) is 19.6 Å². The van der Waals surface area contributed by atoms with Crippen molar-refractivity contribution in [2.45, 2.75) is 11.8 Å². The van der Waals surface area contributed by atoms with Crippen LogP contribution in [0.5, 0.6) is 0 Å². The number of carbonyl (C=O) groups is 2. The second-order valence-electron chi connectivity index (χ2n) is 7.60. The van der Waals surface area contributed by atoms with Crippen LogP contribution in [0, 0.1) is 6.92 Å². The fourth-order valence-corrected chi connectivity index (χ4v) is 6.12. The number of amides is 2. The lowest BCUT2D eigenvalue weighted by atomic mass is 10.0. The van der Waals surface area contributed by atoms with Gasteiger partial charge in [-0.1, -0.05) is 6.07 Å². The Kier molecular flexibility index (Phi) is 5.57. The van der Waals surface area contributed by atoms with Crippen LogP contribution < -0.4 is 5.32 Å². The molecule has 33 heavy (non-hydrogen) atoms. The first-order valence-corrected chi connectivity index (χ1v) is 12.4. The highest BCUT2D eigenvalue weighted by Crippen LogP contribution is 2.34. The minimum Gasteiger partial charge on any atom is -0.456 e. The van der Waals surface area contributed by atoms with Gasteiger partial charge < -0.3 is 9.15 Å². The zero-order valence-corrected chi connectivity index (χ0v) is 19.2. The van der Waals surface area contributed by atoms with Crippen LogP contribution in [0.1, 0.15) is 11.3 Å². The molecule has 0 radical (unpaired) electrons. The normalized spacial score (nSPS) is 18.9. The molecule has 2 amide bonds. The van der Waals surface area contributed by atoms with Crippen molar-refractivity contribution in [2.24, 2.45) is 0 Å². The first-order valence-electron chi connectivity index (χ1n) is 10.1. The van der Waals surface area contributed by atoms with Crippen LogP contribution in [0.4, 0.5) is 4.79 Å². The van der Waals surface area contributed by atoms with Gasteiger partial charge in [0.05, 0.1) is 23.0 Å². The molecule has 0 atom stereocenters. The van der Waals surface area contributed by atoms with Gasteiger partial charge in [0, 0.05) is 42.5 Å². The summed E-state index contributed by atoms with van der Waals surface area (Å²) in [6.45, 7) is 3.19. The van der Waals surface area contributed by atoms with Crippen LogP contribution in [0.25, 0.3) is 28.2 Å². The first-order chi connectivity index (χ1) is 15.8. The molecule has 1 aromatic carbocycles. The Hall–Kier alpha value is -2.99. The molecule has 1 N–H and O–H groups in total. The maximum Gasteiger partial charge on any atom is 0.290 e. The number of thioether (sulfide) groups is 1. The highest BCUT2D eigenvalue weighted by molar-refractivity contribution is 8.18. The van der Waals surface area contributed by atoms with Crippen LogP contribution in [0.3, 0.4) is 0 Å². The zero-order chi connectivity index (χ0) is 23.2. The monoisotopic (exact) mass is 485 g/mol. The quantitative estimate of drug-likeness (QED) is 0.560. The summed E-state index contributed by atoms with van der Waals surface area (Å²) in [4.78, 5) is 28.0. The minimum absolute atomic E-state index is 0.252. The van der Waals surface area contributed by atoms with Crippen molar-refractivity contribution in [3.05, 3.63) is 52.9 Å². The smallest absolute Gasteiger partial charge is 0.290 e. The number of rotatable bonds is 4. The number of nitrogens with zero attached hydrogens (tertiary/aromatic N) is 2. The number of aryl methyl sites for hydroxylation is 1. The van der Waals surface area contributed by atoms with E-state index in [9.17, 15) is 18.0 Å². The van der Waals surface area contributed by atoms with E-state index in [0.29, 0.717) is 48.8 Å². The van der Waals surface area contributed by atoms with Gasteiger partial charge in [0.1, 0.15) is 11.3 Å². The van der Waals surface area contributed by atoms with Gasteiger partial charge in [0.2, 0.25) is 10.0 Å². The number of furan rings is 1. The summed E-state index contributed by atoms with van der Waals surface area (Å²) in [5.41, 5.74) is 2.61. The summed E-state index contributed by atoms with van der Waals surface area (Å²) in [7, 11) is -3.61. The Balaban J connectivity index is 1.51. The second-order valence-corrected chi connectivity index (χ2v) is 10.5. The third kappa shape index (κ3) is 4.08. The van der Waals surface area contributed by atoms with Gasteiger partial charge in [-0.3, -0.25) is 19.9 Å². The number of carbonyl (C=O) groups excluding carboxylic acids is 2. The average molecular weight is 486 g/mol. The lowest BCUT2D eigenvalue weighted by Gasteiger charge is -2.26. The summed E-state index contributed by atoms with van der Waals surface area (Å²) >= 11 is 0.814. The molecule has 2 aliphatic heterocycles. The van der Waals surface area contributed by atoms with Gasteiger partial charge in [-0.15, -0.1) is 0 Å². The van der Waals surface area contributed by atoms with E-state index in [-0.39, 0.29) is 9.80 Å². The van der Waals surface area contributed by atoms with Crippen molar-refractivity contribution in [1.29, 1.82) is 0 Å². The van der Waals surface area contributed by atoms with E-state index in [1.54, 1.807) is 43.6 Å². The molecule has 4 heterocycles. The van der Waals surface area contributed by atoms with Gasteiger partial charge >= 0.3 is 0 Å². The molecular formula is C22H19N3O6S2. The van der Waals surface area contributed by atoms with Gasteiger partial charge in [0.15, 0.2) is 0 Å². The maximum absolute atomic E-state index is 13.1.